The molecule has 158 valence electrons. The maximum atomic E-state index is 7.34. The molecule has 1 fully saturated rings. The van der Waals surface area contributed by atoms with Crippen molar-refractivity contribution in [2.45, 2.75) is 109 Å². The normalized spacial score (nSPS) is 18.3. The molecule has 0 bridgehead atoms. The SMILES string of the molecule is C=C(C1CCCCCCC1)C(O[Si](C(C)C)(C(C)C)C(C)C)c1ccccc1. The van der Waals surface area contributed by atoms with Crippen molar-refractivity contribution in [2.75, 3.05) is 0 Å². The van der Waals surface area contributed by atoms with E-state index < -0.39 is 8.32 Å². The van der Waals surface area contributed by atoms with Crippen molar-refractivity contribution in [3.05, 3.63) is 48.0 Å². The summed E-state index contributed by atoms with van der Waals surface area (Å²) in [5.41, 5.74) is 4.40. The molecule has 0 saturated heterocycles. The molecular weight excluding hydrogens is 356 g/mol. The van der Waals surface area contributed by atoms with E-state index in [0.717, 1.165) is 0 Å². The van der Waals surface area contributed by atoms with E-state index >= 15 is 0 Å². The summed E-state index contributed by atoms with van der Waals surface area (Å²) in [6.45, 7) is 19.0. The Balaban J connectivity index is 2.40. The van der Waals surface area contributed by atoms with Gasteiger partial charge in [-0.15, -0.1) is 0 Å². The van der Waals surface area contributed by atoms with Crippen LogP contribution in [-0.2, 0) is 4.43 Å². The lowest BCUT2D eigenvalue weighted by atomic mass is 9.82. The fourth-order valence-electron chi connectivity index (χ4n) is 5.64. The van der Waals surface area contributed by atoms with Gasteiger partial charge in [-0.3, -0.25) is 0 Å². The molecule has 0 heterocycles. The van der Waals surface area contributed by atoms with Crippen LogP contribution in [0.3, 0.4) is 0 Å². The Morgan fingerprint density at radius 3 is 1.75 bits per heavy atom. The lowest BCUT2D eigenvalue weighted by molar-refractivity contribution is 0.191. The summed E-state index contributed by atoms with van der Waals surface area (Å²) in [6.07, 6.45) is 9.45. The Bertz CT molecular complexity index is 560. The van der Waals surface area contributed by atoms with Crippen LogP contribution in [0.15, 0.2) is 42.5 Å². The highest BCUT2D eigenvalue weighted by Crippen LogP contribution is 2.48. The minimum atomic E-state index is -1.98. The summed E-state index contributed by atoms with van der Waals surface area (Å²) in [6, 6.07) is 10.9. The third-order valence-electron chi connectivity index (χ3n) is 7.10. The second-order valence-electron chi connectivity index (χ2n) is 9.84. The Labute approximate surface area is 176 Å². The van der Waals surface area contributed by atoms with Crippen molar-refractivity contribution in [1.82, 2.24) is 0 Å². The van der Waals surface area contributed by atoms with Crippen molar-refractivity contribution in [3.63, 3.8) is 0 Å². The largest absolute Gasteiger partial charge is 0.405 e. The Kier molecular flexibility index (Phi) is 9.02. The van der Waals surface area contributed by atoms with Crippen LogP contribution < -0.4 is 0 Å². The van der Waals surface area contributed by atoms with Gasteiger partial charge in [0.2, 0.25) is 8.32 Å². The van der Waals surface area contributed by atoms with E-state index in [2.05, 4.69) is 78.5 Å². The van der Waals surface area contributed by atoms with E-state index in [-0.39, 0.29) is 6.10 Å². The van der Waals surface area contributed by atoms with Crippen LogP contribution >= 0.6 is 0 Å². The third kappa shape index (κ3) is 5.39. The highest BCUT2D eigenvalue weighted by Gasteiger charge is 2.47. The first-order valence-corrected chi connectivity index (χ1v) is 13.9. The van der Waals surface area contributed by atoms with E-state index in [1.165, 1.54) is 56.1 Å². The van der Waals surface area contributed by atoms with E-state index in [1.807, 2.05) is 0 Å². The third-order valence-corrected chi connectivity index (χ3v) is 13.2. The van der Waals surface area contributed by atoms with Gasteiger partial charge in [-0.2, -0.15) is 0 Å². The molecule has 1 aliphatic rings. The molecule has 2 heteroatoms. The van der Waals surface area contributed by atoms with Crippen LogP contribution in [0, 0.1) is 5.92 Å². The van der Waals surface area contributed by atoms with E-state index in [0.29, 0.717) is 22.5 Å². The summed E-state index contributed by atoms with van der Waals surface area (Å²) in [7, 11) is -1.98. The topological polar surface area (TPSA) is 9.23 Å². The minimum Gasteiger partial charge on any atom is -0.405 e. The summed E-state index contributed by atoms with van der Waals surface area (Å²) >= 11 is 0. The number of hydrogen-bond acceptors (Lipinski definition) is 1. The van der Waals surface area contributed by atoms with Crippen LogP contribution in [-0.4, -0.2) is 8.32 Å². The van der Waals surface area contributed by atoms with E-state index in [1.54, 1.807) is 0 Å². The Morgan fingerprint density at radius 1 is 0.821 bits per heavy atom. The molecule has 1 atom stereocenters. The predicted octanol–water partition coefficient (Wildman–Crippen LogP) is 8.84. The van der Waals surface area contributed by atoms with Crippen LogP contribution in [0.25, 0.3) is 0 Å². The highest BCUT2D eigenvalue weighted by molar-refractivity contribution is 6.77. The lowest BCUT2D eigenvalue weighted by Gasteiger charge is -2.46. The summed E-state index contributed by atoms with van der Waals surface area (Å²) < 4.78 is 7.34. The van der Waals surface area contributed by atoms with Gasteiger partial charge in [-0.1, -0.05) is 111 Å². The molecule has 28 heavy (non-hydrogen) atoms. The molecule has 0 aliphatic heterocycles. The number of rotatable bonds is 8. The highest BCUT2D eigenvalue weighted by atomic mass is 28.4. The molecule has 1 unspecified atom stereocenters. The molecule has 1 aromatic carbocycles. The molecular formula is C26H44OSi. The van der Waals surface area contributed by atoms with Gasteiger partial charge in [-0.05, 0) is 46.5 Å². The fourth-order valence-corrected chi connectivity index (χ4v) is 11.2. The van der Waals surface area contributed by atoms with Gasteiger partial charge in [0.15, 0.2) is 0 Å². The molecule has 0 spiro atoms. The zero-order valence-electron chi connectivity index (χ0n) is 19.3. The second kappa shape index (κ2) is 10.8. The first-order chi connectivity index (χ1) is 13.3. The maximum Gasteiger partial charge on any atom is 0.201 e. The molecule has 0 aromatic heterocycles. The molecule has 1 nitrogen and oxygen atoms in total. The lowest BCUT2D eigenvalue weighted by Crippen LogP contribution is -2.49. The van der Waals surface area contributed by atoms with Crippen molar-refractivity contribution >= 4 is 8.32 Å². The van der Waals surface area contributed by atoms with Crippen molar-refractivity contribution in [3.8, 4) is 0 Å². The molecule has 0 N–H and O–H groups in total. The quantitative estimate of drug-likeness (QED) is 0.313. The summed E-state index contributed by atoms with van der Waals surface area (Å²) in [5.74, 6) is 0.601. The average molecular weight is 401 g/mol. The summed E-state index contributed by atoms with van der Waals surface area (Å²) in [4.78, 5) is 0. The first-order valence-electron chi connectivity index (χ1n) is 11.7. The van der Waals surface area contributed by atoms with Crippen LogP contribution in [0.4, 0.5) is 0 Å². The average Bonchev–Trinajstić information content (AvgIpc) is 2.61. The van der Waals surface area contributed by atoms with Gasteiger partial charge in [0.05, 0.1) is 6.10 Å². The second-order valence-corrected chi connectivity index (χ2v) is 15.3. The smallest absolute Gasteiger partial charge is 0.201 e. The molecule has 1 saturated carbocycles. The standard InChI is InChI=1S/C26H44OSi/c1-20(2)28(21(3)4,22(5)6)27-26(25-18-14-11-15-19-25)23(7)24-16-12-9-8-10-13-17-24/h11,14-15,18-22,24,26H,7-10,12-13,16-17H2,1-6H3. The van der Waals surface area contributed by atoms with Crippen molar-refractivity contribution in [2.24, 2.45) is 5.92 Å². The molecule has 0 amide bonds. The summed E-state index contributed by atoms with van der Waals surface area (Å²) in [5, 5.41) is 0. The molecule has 0 radical (unpaired) electrons. The van der Waals surface area contributed by atoms with Crippen molar-refractivity contribution < 1.29 is 4.43 Å². The van der Waals surface area contributed by atoms with Gasteiger partial charge in [0.1, 0.15) is 0 Å². The van der Waals surface area contributed by atoms with E-state index in [9.17, 15) is 0 Å². The molecule has 1 aliphatic carbocycles. The monoisotopic (exact) mass is 400 g/mol. The number of hydrogen-bond donors (Lipinski definition) is 0. The fraction of sp³-hybridized carbons (Fsp3) is 0.692. The zero-order chi connectivity index (χ0) is 20.7. The van der Waals surface area contributed by atoms with Gasteiger partial charge >= 0.3 is 0 Å². The Hall–Kier alpha value is -0.863. The number of benzene rings is 1. The van der Waals surface area contributed by atoms with Crippen molar-refractivity contribution in [1.29, 1.82) is 0 Å². The minimum absolute atomic E-state index is 0.0458. The van der Waals surface area contributed by atoms with Gasteiger partial charge in [0, 0.05) is 0 Å². The van der Waals surface area contributed by atoms with E-state index in [4.69, 9.17) is 4.43 Å². The van der Waals surface area contributed by atoms with Gasteiger partial charge in [-0.25, -0.2) is 0 Å². The van der Waals surface area contributed by atoms with Gasteiger partial charge < -0.3 is 4.43 Å². The molecule has 2 rings (SSSR count). The van der Waals surface area contributed by atoms with Crippen LogP contribution in [0.1, 0.15) is 98.2 Å². The Morgan fingerprint density at radius 2 is 1.29 bits per heavy atom. The first kappa shape index (κ1) is 23.4. The predicted molar refractivity (Wildman–Crippen MR) is 126 cm³/mol. The van der Waals surface area contributed by atoms with Crippen LogP contribution in [0.2, 0.25) is 16.6 Å². The molecule has 1 aromatic rings. The zero-order valence-corrected chi connectivity index (χ0v) is 20.3. The maximum absolute atomic E-state index is 7.34. The van der Waals surface area contributed by atoms with Gasteiger partial charge in [0.25, 0.3) is 0 Å². The van der Waals surface area contributed by atoms with Crippen LogP contribution in [0.5, 0.6) is 0 Å².